The molecular weight excluding hydrogens is 244 g/mol. The van der Waals surface area contributed by atoms with Crippen LogP contribution in [0.15, 0.2) is 0 Å². The monoisotopic (exact) mass is 270 g/mol. The zero-order valence-corrected chi connectivity index (χ0v) is 11.7. The predicted octanol–water partition coefficient (Wildman–Crippen LogP) is 1.51. The molecule has 1 saturated carbocycles. The standard InChI is InChI=1S/C14H26N2O3/c1-2-10(7-8-15)3-6-13(17)16-12-5-4-11(9-12)14(18)19/h10-12H,2-9,15H2,1H3,(H,16,17)(H,18,19)/t10?,11-,12+/m1/s1. The van der Waals surface area contributed by atoms with Crippen LogP contribution in [-0.4, -0.2) is 29.6 Å². The number of carboxylic acids is 1. The second-order valence-electron chi connectivity index (χ2n) is 5.50. The highest BCUT2D eigenvalue weighted by Crippen LogP contribution is 2.25. The van der Waals surface area contributed by atoms with Crippen LogP contribution in [0.5, 0.6) is 0 Å². The van der Waals surface area contributed by atoms with Gasteiger partial charge in [-0.3, -0.25) is 9.59 Å². The summed E-state index contributed by atoms with van der Waals surface area (Å²) < 4.78 is 0. The van der Waals surface area contributed by atoms with Crippen LogP contribution in [0.2, 0.25) is 0 Å². The van der Waals surface area contributed by atoms with E-state index in [0.29, 0.717) is 31.7 Å². The highest BCUT2D eigenvalue weighted by atomic mass is 16.4. The molecule has 0 aliphatic heterocycles. The molecule has 4 N–H and O–H groups in total. The molecule has 110 valence electrons. The Morgan fingerprint density at radius 3 is 2.63 bits per heavy atom. The van der Waals surface area contributed by atoms with Crippen molar-refractivity contribution in [3.05, 3.63) is 0 Å². The second kappa shape index (κ2) is 8.15. The summed E-state index contributed by atoms with van der Waals surface area (Å²) in [5.74, 6) is -0.464. The fourth-order valence-corrected chi connectivity index (χ4v) is 2.76. The van der Waals surface area contributed by atoms with E-state index in [2.05, 4.69) is 12.2 Å². The van der Waals surface area contributed by atoms with Crippen LogP contribution in [0.3, 0.4) is 0 Å². The van der Waals surface area contributed by atoms with Crippen LogP contribution in [-0.2, 0) is 9.59 Å². The van der Waals surface area contributed by atoms with E-state index in [1.165, 1.54) is 0 Å². The van der Waals surface area contributed by atoms with Crippen molar-refractivity contribution in [2.24, 2.45) is 17.6 Å². The molecule has 5 heteroatoms. The smallest absolute Gasteiger partial charge is 0.306 e. The molecule has 1 aliphatic carbocycles. The largest absolute Gasteiger partial charge is 0.481 e. The number of aliphatic carboxylic acids is 1. The maximum absolute atomic E-state index is 11.8. The molecule has 0 spiro atoms. The molecule has 3 atom stereocenters. The van der Waals surface area contributed by atoms with Gasteiger partial charge < -0.3 is 16.2 Å². The van der Waals surface area contributed by atoms with Crippen LogP contribution in [0, 0.1) is 11.8 Å². The zero-order chi connectivity index (χ0) is 14.3. The highest BCUT2D eigenvalue weighted by Gasteiger charge is 2.30. The Hall–Kier alpha value is -1.10. The van der Waals surface area contributed by atoms with Gasteiger partial charge in [0.1, 0.15) is 0 Å². The summed E-state index contributed by atoms with van der Waals surface area (Å²) in [4.78, 5) is 22.6. The average Bonchev–Trinajstić information content (AvgIpc) is 2.83. The number of nitrogens with one attached hydrogen (secondary N) is 1. The number of rotatable bonds is 8. The van der Waals surface area contributed by atoms with E-state index < -0.39 is 5.97 Å². The van der Waals surface area contributed by atoms with E-state index >= 15 is 0 Å². The zero-order valence-electron chi connectivity index (χ0n) is 11.7. The summed E-state index contributed by atoms with van der Waals surface area (Å²) in [5, 5.41) is 11.9. The van der Waals surface area contributed by atoms with Crippen LogP contribution in [0.4, 0.5) is 0 Å². The third-order valence-electron chi connectivity index (χ3n) is 4.08. The van der Waals surface area contributed by atoms with Crippen molar-refractivity contribution in [2.45, 2.75) is 57.9 Å². The fraction of sp³-hybridized carbons (Fsp3) is 0.857. The summed E-state index contributed by atoms with van der Waals surface area (Å²) >= 11 is 0. The molecule has 0 radical (unpaired) electrons. The molecule has 0 aromatic rings. The first kappa shape index (κ1) is 16.0. The fourth-order valence-electron chi connectivity index (χ4n) is 2.76. The summed E-state index contributed by atoms with van der Waals surface area (Å²) in [7, 11) is 0. The lowest BCUT2D eigenvalue weighted by Crippen LogP contribution is -2.33. The average molecular weight is 270 g/mol. The lowest BCUT2D eigenvalue weighted by atomic mass is 9.96. The summed E-state index contributed by atoms with van der Waals surface area (Å²) in [6.45, 7) is 2.79. The van der Waals surface area contributed by atoms with Gasteiger partial charge in [0.15, 0.2) is 0 Å². The molecule has 0 heterocycles. The lowest BCUT2D eigenvalue weighted by molar-refractivity contribution is -0.141. The predicted molar refractivity (Wildman–Crippen MR) is 73.6 cm³/mol. The second-order valence-corrected chi connectivity index (χ2v) is 5.50. The van der Waals surface area contributed by atoms with Crippen LogP contribution in [0.25, 0.3) is 0 Å². The molecule has 19 heavy (non-hydrogen) atoms. The number of carbonyl (C=O) groups is 2. The van der Waals surface area contributed by atoms with E-state index in [1.807, 2.05) is 0 Å². The van der Waals surface area contributed by atoms with Crippen molar-refractivity contribution < 1.29 is 14.7 Å². The van der Waals surface area contributed by atoms with Gasteiger partial charge in [0.05, 0.1) is 5.92 Å². The van der Waals surface area contributed by atoms with Crippen LogP contribution in [0.1, 0.15) is 51.9 Å². The van der Waals surface area contributed by atoms with Gasteiger partial charge >= 0.3 is 5.97 Å². The van der Waals surface area contributed by atoms with Crippen molar-refractivity contribution in [2.75, 3.05) is 6.54 Å². The van der Waals surface area contributed by atoms with Crippen LogP contribution < -0.4 is 11.1 Å². The van der Waals surface area contributed by atoms with Gasteiger partial charge in [-0.15, -0.1) is 0 Å². The minimum atomic E-state index is -0.745. The summed E-state index contributed by atoms with van der Waals surface area (Å²) in [6.07, 6.45) is 5.43. The van der Waals surface area contributed by atoms with Crippen molar-refractivity contribution in [3.8, 4) is 0 Å². The van der Waals surface area contributed by atoms with E-state index in [9.17, 15) is 9.59 Å². The molecule has 1 unspecified atom stereocenters. The van der Waals surface area contributed by atoms with Crippen LogP contribution >= 0.6 is 0 Å². The number of hydrogen-bond donors (Lipinski definition) is 3. The van der Waals surface area contributed by atoms with Gasteiger partial charge in [0.25, 0.3) is 0 Å². The first-order chi connectivity index (χ1) is 9.06. The van der Waals surface area contributed by atoms with E-state index in [0.717, 1.165) is 25.7 Å². The molecule has 0 aromatic carbocycles. The van der Waals surface area contributed by atoms with Gasteiger partial charge in [-0.05, 0) is 44.6 Å². The van der Waals surface area contributed by atoms with Crippen molar-refractivity contribution in [1.29, 1.82) is 0 Å². The van der Waals surface area contributed by atoms with Gasteiger partial charge in [-0.2, -0.15) is 0 Å². The SMILES string of the molecule is CCC(CCN)CCC(=O)N[C@H]1CC[C@@H](C(=O)O)C1. The molecule has 0 saturated heterocycles. The van der Waals surface area contributed by atoms with Crippen molar-refractivity contribution in [1.82, 2.24) is 5.32 Å². The van der Waals surface area contributed by atoms with Gasteiger partial charge in [-0.1, -0.05) is 13.3 Å². The Labute approximate surface area is 114 Å². The Kier molecular flexibility index (Phi) is 6.84. The molecule has 1 amide bonds. The Bertz CT molecular complexity index is 307. The highest BCUT2D eigenvalue weighted by molar-refractivity contribution is 5.76. The van der Waals surface area contributed by atoms with Gasteiger partial charge in [0.2, 0.25) is 5.91 Å². The quantitative estimate of drug-likeness (QED) is 0.623. The van der Waals surface area contributed by atoms with Crippen molar-refractivity contribution in [3.63, 3.8) is 0 Å². The molecule has 1 rings (SSSR count). The van der Waals surface area contributed by atoms with E-state index in [1.54, 1.807) is 0 Å². The maximum Gasteiger partial charge on any atom is 0.306 e. The molecule has 0 bridgehead atoms. The topological polar surface area (TPSA) is 92.4 Å². The Morgan fingerprint density at radius 2 is 2.11 bits per heavy atom. The first-order valence-electron chi connectivity index (χ1n) is 7.29. The first-order valence-corrected chi connectivity index (χ1v) is 7.29. The minimum absolute atomic E-state index is 0.0446. The summed E-state index contributed by atoms with van der Waals surface area (Å²) in [5.41, 5.74) is 5.53. The van der Waals surface area contributed by atoms with E-state index in [-0.39, 0.29) is 17.9 Å². The van der Waals surface area contributed by atoms with Crippen molar-refractivity contribution >= 4 is 11.9 Å². The minimum Gasteiger partial charge on any atom is -0.481 e. The van der Waals surface area contributed by atoms with Gasteiger partial charge in [0, 0.05) is 12.5 Å². The molecule has 0 aromatic heterocycles. The Morgan fingerprint density at radius 1 is 1.37 bits per heavy atom. The number of carboxylic acid groups (broad SMARTS) is 1. The molecule has 1 fully saturated rings. The lowest BCUT2D eigenvalue weighted by Gasteiger charge is -2.15. The van der Waals surface area contributed by atoms with E-state index in [4.69, 9.17) is 10.8 Å². The number of hydrogen-bond acceptors (Lipinski definition) is 3. The number of carbonyl (C=O) groups excluding carboxylic acids is 1. The normalized spacial score (nSPS) is 24.1. The Balaban J connectivity index is 2.23. The summed E-state index contributed by atoms with van der Waals surface area (Å²) in [6, 6.07) is 0.0446. The number of amides is 1. The third kappa shape index (κ3) is 5.59. The van der Waals surface area contributed by atoms with Gasteiger partial charge in [-0.25, -0.2) is 0 Å². The molecule has 1 aliphatic rings. The molecule has 5 nitrogen and oxygen atoms in total. The third-order valence-corrected chi connectivity index (χ3v) is 4.08. The number of nitrogens with two attached hydrogens (primary N) is 1. The molecular formula is C14H26N2O3. The maximum atomic E-state index is 11.8.